The first-order chi connectivity index (χ1) is 9.97. The van der Waals surface area contributed by atoms with Crippen LogP contribution in [0.2, 0.25) is 0 Å². The Labute approximate surface area is 141 Å². The third kappa shape index (κ3) is 2.69. The summed E-state index contributed by atoms with van der Waals surface area (Å²) in [5, 5.41) is 0. The average molecular weight is 412 g/mol. The monoisotopic (exact) mass is 410 g/mol. The van der Waals surface area contributed by atoms with Crippen molar-refractivity contribution in [1.82, 2.24) is 9.88 Å². The molecule has 21 heavy (non-hydrogen) atoms. The van der Waals surface area contributed by atoms with Gasteiger partial charge in [0, 0.05) is 36.3 Å². The van der Waals surface area contributed by atoms with Crippen LogP contribution < -0.4 is 0 Å². The molecule has 1 aliphatic heterocycles. The highest BCUT2D eigenvalue weighted by atomic mass is 79.9. The van der Waals surface area contributed by atoms with Crippen molar-refractivity contribution in [3.8, 4) is 0 Å². The quantitative estimate of drug-likeness (QED) is 0.743. The molecule has 0 bridgehead atoms. The molecule has 3 rings (SSSR count). The highest BCUT2D eigenvalue weighted by Crippen LogP contribution is 2.33. The summed E-state index contributed by atoms with van der Waals surface area (Å²) in [7, 11) is 0. The molecule has 3 nitrogen and oxygen atoms in total. The summed E-state index contributed by atoms with van der Waals surface area (Å²) in [5.41, 5.74) is 5.52. The van der Waals surface area contributed by atoms with Gasteiger partial charge in [0.1, 0.15) is 0 Å². The van der Waals surface area contributed by atoms with Gasteiger partial charge >= 0.3 is 0 Å². The van der Waals surface area contributed by atoms with Gasteiger partial charge in [0.2, 0.25) is 0 Å². The van der Waals surface area contributed by atoms with Crippen molar-refractivity contribution in [2.45, 2.75) is 26.8 Å². The summed E-state index contributed by atoms with van der Waals surface area (Å²) in [5.74, 6) is 0.105. The van der Waals surface area contributed by atoms with E-state index in [1.807, 2.05) is 30.0 Å². The third-order valence-corrected chi connectivity index (χ3v) is 6.11. The van der Waals surface area contributed by atoms with E-state index in [-0.39, 0.29) is 5.91 Å². The number of aryl methyl sites for hydroxylation is 2. The Hall–Kier alpha value is -1.07. The van der Waals surface area contributed by atoms with Crippen molar-refractivity contribution >= 4 is 37.8 Å². The van der Waals surface area contributed by atoms with Crippen molar-refractivity contribution < 1.29 is 4.79 Å². The fourth-order valence-corrected chi connectivity index (χ4v) is 3.60. The second kappa shape index (κ2) is 5.61. The molecule has 0 fully saturated rings. The van der Waals surface area contributed by atoms with E-state index < -0.39 is 0 Å². The van der Waals surface area contributed by atoms with Crippen LogP contribution in [0.25, 0.3) is 0 Å². The Morgan fingerprint density at radius 1 is 1.24 bits per heavy atom. The van der Waals surface area contributed by atoms with E-state index >= 15 is 0 Å². The van der Waals surface area contributed by atoms with E-state index in [0.717, 1.165) is 33.2 Å². The van der Waals surface area contributed by atoms with Gasteiger partial charge in [0.15, 0.2) is 0 Å². The molecule has 0 saturated heterocycles. The fourth-order valence-electron chi connectivity index (χ4n) is 2.65. The maximum absolute atomic E-state index is 12.7. The number of rotatable bonds is 1. The number of benzene rings is 1. The second-order valence-electron chi connectivity index (χ2n) is 5.49. The fraction of sp³-hybridized carbons (Fsp3) is 0.312. The van der Waals surface area contributed by atoms with Crippen molar-refractivity contribution in [2.24, 2.45) is 0 Å². The lowest BCUT2D eigenvalue weighted by Gasteiger charge is -2.27. The molecule has 2 heterocycles. The van der Waals surface area contributed by atoms with Crippen LogP contribution >= 0.6 is 31.9 Å². The number of nitrogens with one attached hydrogen (secondary N) is 1. The summed E-state index contributed by atoms with van der Waals surface area (Å²) in [6, 6.07) is 5.91. The molecule has 0 aliphatic carbocycles. The molecule has 0 unspecified atom stereocenters. The molecule has 1 N–H and O–H groups in total. The predicted molar refractivity (Wildman–Crippen MR) is 90.6 cm³/mol. The van der Waals surface area contributed by atoms with Gasteiger partial charge in [0.25, 0.3) is 5.91 Å². The van der Waals surface area contributed by atoms with Crippen LogP contribution in [-0.2, 0) is 13.0 Å². The molecule has 0 radical (unpaired) electrons. The number of fused-ring (bicyclic) bond motifs is 1. The SMILES string of the molecule is Cc1ccc(C(=O)N2CCc3[nH]c(Br)c(Br)c3C2)cc1C. The lowest BCUT2D eigenvalue weighted by molar-refractivity contribution is 0.0734. The molecule has 110 valence electrons. The summed E-state index contributed by atoms with van der Waals surface area (Å²) in [4.78, 5) is 17.9. The summed E-state index contributed by atoms with van der Waals surface area (Å²) >= 11 is 7.06. The molecule has 2 aromatic rings. The van der Waals surface area contributed by atoms with E-state index in [9.17, 15) is 4.79 Å². The highest BCUT2D eigenvalue weighted by molar-refractivity contribution is 9.13. The van der Waals surface area contributed by atoms with E-state index in [1.54, 1.807) is 0 Å². The van der Waals surface area contributed by atoms with Gasteiger partial charge in [-0.05, 0) is 69.0 Å². The summed E-state index contributed by atoms with van der Waals surface area (Å²) < 4.78 is 1.98. The molecule has 0 saturated carbocycles. The Morgan fingerprint density at radius 2 is 2.00 bits per heavy atom. The van der Waals surface area contributed by atoms with Crippen LogP contribution in [0.3, 0.4) is 0 Å². The van der Waals surface area contributed by atoms with Crippen LogP contribution in [0.15, 0.2) is 27.3 Å². The van der Waals surface area contributed by atoms with Crippen LogP contribution in [0.4, 0.5) is 0 Å². The van der Waals surface area contributed by atoms with Gasteiger partial charge in [-0.1, -0.05) is 6.07 Å². The second-order valence-corrected chi connectivity index (χ2v) is 7.07. The molecule has 1 amide bonds. The zero-order valence-corrected chi connectivity index (χ0v) is 15.1. The van der Waals surface area contributed by atoms with Gasteiger partial charge in [-0.3, -0.25) is 4.79 Å². The van der Waals surface area contributed by atoms with Crippen LogP contribution in [0, 0.1) is 13.8 Å². The standard InChI is InChI=1S/C16H16Br2N2O/c1-9-3-4-11(7-10(9)2)16(21)20-6-5-13-12(8-20)14(17)15(18)19-13/h3-4,7,19H,5-6,8H2,1-2H3. The molecular weight excluding hydrogens is 396 g/mol. The van der Waals surface area contributed by atoms with Crippen molar-refractivity contribution in [3.63, 3.8) is 0 Å². The molecular formula is C16H16Br2N2O. The minimum absolute atomic E-state index is 0.105. The minimum Gasteiger partial charge on any atom is -0.352 e. The smallest absolute Gasteiger partial charge is 0.254 e. The number of amides is 1. The number of aromatic amines is 1. The van der Waals surface area contributed by atoms with Gasteiger partial charge in [0.05, 0.1) is 9.08 Å². The first-order valence-corrected chi connectivity index (χ1v) is 8.47. The Kier molecular flexibility index (Phi) is 3.97. The Morgan fingerprint density at radius 3 is 2.71 bits per heavy atom. The third-order valence-electron chi connectivity index (χ3n) is 4.10. The molecule has 1 aliphatic rings. The van der Waals surface area contributed by atoms with Gasteiger partial charge in [-0.2, -0.15) is 0 Å². The molecule has 0 spiro atoms. The molecule has 5 heteroatoms. The number of carbonyl (C=O) groups excluding carboxylic acids is 1. The lowest BCUT2D eigenvalue weighted by atomic mass is 10.0. The van der Waals surface area contributed by atoms with Crippen molar-refractivity contribution in [3.05, 3.63) is 55.2 Å². The van der Waals surface area contributed by atoms with Crippen LogP contribution in [0.1, 0.15) is 32.7 Å². The minimum atomic E-state index is 0.105. The summed E-state index contributed by atoms with van der Waals surface area (Å²) in [6.45, 7) is 5.49. The topological polar surface area (TPSA) is 36.1 Å². The number of aromatic nitrogens is 1. The number of H-pyrrole nitrogens is 1. The zero-order chi connectivity index (χ0) is 15.1. The van der Waals surface area contributed by atoms with Gasteiger partial charge < -0.3 is 9.88 Å². The lowest BCUT2D eigenvalue weighted by Crippen LogP contribution is -2.35. The largest absolute Gasteiger partial charge is 0.352 e. The Balaban J connectivity index is 1.86. The van der Waals surface area contributed by atoms with Crippen molar-refractivity contribution in [1.29, 1.82) is 0 Å². The molecule has 1 aromatic heterocycles. The van der Waals surface area contributed by atoms with E-state index in [4.69, 9.17) is 0 Å². The predicted octanol–water partition coefficient (Wildman–Crippen LogP) is 4.36. The van der Waals surface area contributed by atoms with E-state index in [1.165, 1.54) is 16.8 Å². The number of hydrogen-bond donors (Lipinski definition) is 1. The zero-order valence-electron chi connectivity index (χ0n) is 12.0. The van der Waals surface area contributed by atoms with Gasteiger partial charge in [-0.15, -0.1) is 0 Å². The molecule has 0 atom stereocenters. The van der Waals surface area contributed by atoms with Crippen LogP contribution in [0.5, 0.6) is 0 Å². The number of hydrogen-bond acceptors (Lipinski definition) is 1. The van der Waals surface area contributed by atoms with Crippen molar-refractivity contribution in [2.75, 3.05) is 6.54 Å². The number of halogens is 2. The van der Waals surface area contributed by atoms with Crippen LogP contribution in [-0.4, -0.2) is 22.3 Å². The van der Waals surface area contributed by atoms with Gasteiger partial charge in [-0.25, -0.2) is 0 Å². The Bertz CT molecular complexity index is 721. The molecule has 1 aromatic carbocycles. The normalized spacial score (nSPS) is 14.2. The summed E-state index contributed by atoms with van der Waals surface area (Å²) in [6.07, 6.45) is 0.857. The van der Waals surface area contributed by atoms with E-state index in [2.05, 4.69) is 43.8 Å². The maximum Gasteiger partial charge on any atom is 0.254 e. The number of nitrogens with zero attached hydrogens (tertiary/aromatic N) is 1. The first kappa shape index (κ1) is 14.9. The van der Waals surface area contributed by atoms with E-state index in [0.29, 0.717) is 6.54 Å². The highest BCUT2D eigenvalue weighted by Gasteiger charge is 2.26. The maximum atomic E-state index is 12.7. The first-order valence-electron chi connectivity index (χ1n) is 6.88. The number of carbonyl (C=O) groups is 1. The average Bonchev–Trinajstić information content (AvgIpc) is 2.76.